The SMILES string of the molecule is CCOC(CN(C)C1CCC2(CC1)OCCO2)OCC. The Bertz CT molecular complexity index is 265. The van der Waals surface area contributed by atoms with Gasteiger partial charge in [0, 0.05) is 38.6 Å². The Morgan fingerprint density at radius 1 is 1.10 bits per heavy atom. The van der Waals surface area contributed by atoms with Gasteiger partial charge in [0.2, 0.25) is 0 Å². The molecule has 0 N–H and O–H groups in total. The number of rotatable bonds is 7. The van der Waals surface area contributed by atoms with Crippen molar-refractivity contribution in [1.82, 2.24) is 4.90 Å². The van der Waals surface area contributed by atoms with Crippen molar-refractivity contribution in [2.75, 3.05) is 40.0 Å². The lowest BCUT2D eigenvalue weighted by atomic mass is 9.89. The molecule has 0 amide bonds. The summed E-state index contributed by atoms with van der Waals surface area (Å²) in [5.74, 6) is -0.267. The van der Waals surface area contributed by atoms with E-state index in [0.29, 0.717) is 19.3 Å². The van der Waals surface area contributed by atoms with Crippen LogP contribution in [-0.2, 0) is 18.9 Å². The summed E-state index contributed by atoms with van der Waals surface area (Å²) in [7, 11) is 2.16. The van der Waals surface area contributed by atoms with Crippen LogP contribution in [0.15, 0.2) is 0 Å². The molecule has 2 fully saturated rings. The zero-order valence-corrected chi connectivity index (χ0v) is 13.1. The van der Waals surface area contributed by atoms with Gasteiger partial charge in [-0.15, -0.1) is 0 Å². The van der Waals surface area contributed by atoms with Crippen LogP contribution < -0.4 is 0 Å². The minimum Gasteiger partial charge on any atom is -0.352 e. The summed E-state index contributed by atoms with van der Waals surface area (Å²) in [4.78, 5) is 2.36. The molecule has 5 heteroatoms. The van der Waals surface area contributed by atoms with Crippen LogP contribution in [0.4, 0.5) is 0 Å². The van der Waals surface area contributed by atoms with E-state index >= 15 is 0 Å². The van der Waals surface area contributed by atoms with Crippen molar-refractivity contribution in [2.45, 2.75) is 57.6 Å². The average Bonchev–Trinajstić information content (AvgIpc) is 2.88. The van der Waals surface area contributed by atoms with Crippen molar-refractivity contribution in [1.29, 1.82) is 0 Å². The molecule has 20 heavy (non-hydrogen) atoms. The molecule has 1 heterocycles. The minimum absolute atomic E-state index is 0.120. The van der Waals surface area contributed by atoms with Crippen LogP contribution in [0.5, 0.6) is 0 Å². The highest BCUT2D eigenvalue weighted by molar-refractivity contribution is 4.86. The van der Waals surface area contributed by atoms with Crippen LogP contribution in [-0.4, -0.2) is 63.0 Å². The summed E-state index contributed by atoms with van der Waals surface area (Å²) in [5, 5.41) is 0. The Morgan fingerprint density at radius 3 is 2.15 bits per heavy atom. The normalized spacial score (nSPS) is 23.2. The molecular formula is C15H29NO4. The number of ether oxygens (including phenoxy) is 4. The van der Waals surface area contributed by atoms with Crippen molar-refractivity contribution < 1.29 is 18.9 Å². The molecule has 2 rings (SSSR count). The first kappa shape index (κ1) is 16.2. The topological polar surface area (TPSA) is 40.2 Å². The molecule has 1 aliphatic carbocycles. The summed E-state index contributed by atoms with van der Waals surface area (Å²) in [5.41, 5.74) is 0. The van der Waals surface area contributed by atoms with Gasteiger partial charge in [-0.1, -0.05) is 0 Å². The molecule has 1 saturated carbocycles. The van der Waals surface area contributed by atoms with E-state index in [4.69, 9.17) is 18.9 Å². The zero-order chi connectivity index (χ0) is 14.4. The maximum absolute atomic E-state index is 5.78. The van der Waals surface area contributed by atoms with Gasteiger partial charge < -0.3 is 18.9 Å². The molecule has 0 unspecified atom stereocenters. The van der Waals surface area contributed by atoms with Gasteiger partial charge >= 0.3 is 0 Å². The van der Waals surface area contributed by atoms with Crippen LogP contribution in [0, 0.1) is 0 Å². The molecule has 0 atom stereocenters. The molecular weight excluding hydrogens is 258 g/mol. The van der Waals surface area contributed by atoms with Gasteiger partial charge in [-0.05, 0) is 33.7 Å². The summed E-state index contributed by atoms with van der Waals surface area (Å²) in [6.07, 6.45) is 4.10. The third-order valence-corrected chi connectivity index (χ3v) is 4.30. The van der Waals surface area contributed by atoms with E-state index in [1.165, 1.54) is 0 Å². The zero-order valence-electron chi connectivity index (χ0n) is 13.1. The maximum atomic E-state index is 5.78. The van der Waals surface area contributed by atoms with E-state index in [1.807, 2.05) is 13.8 Å². The van der Waals surface area contributed by atoms with E-state index in [0.717, 1.165) is 45.4 Å². The van der Waals surface area contributed by atoms with Gasteiger partial charge in [0.25, 0.3) is 0 Å². The Kier molecular flexibility index (Phi) is 6.23. The molecule has 0 bridgehead atoms. The lowest BCUT2D eigenvalue weighted by Gasteiger charge is -2.39. The fourth-order valence-corrected chi connectivity index (χ4v) is 3.18. The van der Waals surface area contributed by atoms with Crippen molar-refractivity contribution >= 4 is 0 Å². The van der Waals surface area contributed by atoms with E-state index in [1.54, 1.807) is 0 Å². The second-order valence-electron chi connectivity index (χ2n) is 5.62. The van der Waals surface area contributed by atoms with Crippen LogP contribution >= 0.6 is 0 Å². The van der Waals surface area contributed by atoms with Crippen molar-refractivity contribution in [3.05, 3.63) is 0 Å². The van der Waals surface area contributed by atoms with E-state index in [2.05, 4.69) is 11.9 Å². The fraction of sp³-hybridized carbons (Fsp3) is 1.00. The number of hydrogen-bond donors (Lipinski definition) is 0. The van der Waals surface area contributed by atoms with Gasteiger partial charge in [-0.3, -0.25) is 4.90 Å². The Morgan fingerprint density at radius 2 is 1.65 bits per heavy atom. The Hall–Kier alpha value is -0.200. The van der Waals surface area contributed by atoms with Crippen LogP contribution in [0.3, 0.4) is 0 Å². The average molecular weight is 287 g/mol. The minimum atomic E-state index is -0.267. The molecule has 5 nitrogen and oxygen atoms in total. The first-order valence-electron chi connectivity index (χ1n) is 7.90. The molecule has 1 spiro atoms. The summed E-state index contributed by atoms with van der Waals surface area (Å²) in [6, 6.07) is 0.567. The maximum Gasteiger partial charge on any atom is 0.170 e. The summed E-state index contributed by atoms with van der Waals surface area (Å²) in [6.45, 7) is 7.70. The molecule has 1 aliphatic heterocycles. The first-order valence-corrected chi connectivity index (χ1v) is 7.90. The highest BCUT2D eigenvalue weighted by atomic mass is 16.7. The largest absolute Gasteiger partial charge is 0.352 e. The van der Waals surface area contributed by atoms with Crippen molar-refractivity contribution in [3.8, 4) is 0 Å². The molecule has 0 aromatic rings. The van der Waals surface area contributed by atoms with Gasteiger partial charge in [0.05, 0.1) is 13.2 Å². The molecule has 0 aromatic carbocycles. The smallest absolute Gasteiger partial charge is 0.170 e. The quantitative estimate of drug-likeness (QED) is 0.670. The highest BCUT2D eigenvalue weighted by Gasteiger charge is 2.41. The van der Waals surface area contributed by atoms with E-state index in [-0.39, 0.29) is 12.1 Å². The standard InChI is InChI=1S/C15H29NO4/c1-4-17-14(18-5-2)12-16(3)13-6-8-15(9-7-13)19-10-11-20-15/h13-14H,4-12H2,1-3H3. The third-order valence-electron chi connectivity index (χ3n) is 4.30. The Labute approximate surface area is 122 Å². The molecule has 118 valence electrons. The van der Waals surface area contributed by atoms with Gasteiger partial charge in [-0.25, -0.2) is 0 Å². The third kappa shape index (κ3) is 4.15. The van der Waals surface area contributed by atoms with Crippen LogP contribution in [0.25, 0.3) is 0 Å². The fourth-order valence-electron chi connectivity index (χ4n) is 3.18. The van der Waals surface area contributed by atoms with Gasteiger partial charge in [0.15, 0.2) is 12.1 Å². The molecule has 0 radical (unpaired) electrons. The lowest BCUT2D eigenvalue weighted by Crippen LogP contribution is -2.45. The van der Waals surface area contributed by atoms with E-state index < -0.39 is 0 Å². The highest BCUT2D eigenvalue weighted by Crippen LogP contribution is 2.37. The van der Waals surface area contributed by atoms with Gasteiger partial charge in [-0.2, -0.15) is 0 Å². The van der Waals surface area contributed by atoms with Crippen LogP contribution in [0.2, 0.25) is 0 Å². The first-order chi connectivity index (χ1) is 9.69. The van der Waals surface area contributed by atoms with Crippen molar-refractivity contribution in [3.63, 3.8) is 0 Å². The molecule has 1 saturated heterocycles. The monoisotopic (exact) mass is 287 g/mol. The van der Waals surface area contributed by atoms with Crippen LogP contribution in [0.1, 0.15) is 39.5 Å². The lowest BCUT2D eigenvalue weighted by molar-refractivity contribution is -0.188. The number of hydrogen-bond acceptors (Lipinski definition) is 5. The number of nitrogens with zero attached hydrogens (tertiary/aromatic N) is 1. The molecule has 0 aromatic heterocycles. The second kappa shape index (κ2) is 7.71. The second-order valence-corrected chi connectivity index (χ2v) is 5.62. The predicted octanol–water partition coefficient (Wildman–Crippen LogP) is 2.00. The summed E-state index contributed by atoms with van der Waals surface area (Å²) < 4.78 is 22.8. The van der Waals surface area contributed by atoms with Crippen molar-refractivity contribution in [2.24, 2.45) is 0 Å². The van der Waals surface area contributed by atoms with Gasteiger partial charge in [0.1, 0.15) is 0 Å². The summed E-state index contributed by atoms with van der Waals surface area (Å²) >= 11 is 0. The Balaban J connectivity index is 1.76. The van der Waals surface area contributed by atoms with E-state index in [9.17, 15) is 0 Å². The number of likely N-dealkylation sites (N-methyl/N-ethyl adjacent to an activating group) is 1. The molecule has 2 aliphatic rings. The predicted molar refractivity (Wildman–Crippen MR) is 76.6 cm³/mol.